The molecule has 1 heterocycles. The van der Waals surface area contributed by atoms with Crippen LogP contribution in [0.2, 0.25) is 5.02 Å². The molecular formula is C15H16ClNO2. The average Bonchev–Trinajstić information content (AvgIpc) is 2.61. The third-order valence-corrected chi connectivity index (χ3v) is 4.49. The highest BCUT2D eigenvalue weighted by Gasteiger charge is 2.49. The van der Waals surface area contributed by atoms with Gasteiger partial charge in [-0.2, -0.15) is 0 Å². The second-order valence-corrected chi connectivity index (χ2v) is 6.06. The van der Waals surface area contributed by atoms with Crippen LogP contribution in [0.1, 0.15) is 26.2 Å². The van der Waals surface area contributed by atoms with Gasteiger partial charge in [0.05, 0.1) is 17.5 Å². The molecule has 2 fully saturated rings. The molecule has 0 N–H and O–H groups in total. The molecular weight excluding hydrogens is 262 g/mol. The molecule has 0 unspecified atom stereocenters. The van der Waals surface area contributed by atoms with Gasteiger partial charge in [-0.05, 0) is 43.4 Å². The first-order valence-electron chi connectivity index (χ1n) is 6.71. The Morgan fingerprint density at radius 2 is 1.89 bits per heavy atom. The molecule has 1 aromatic carbocycles. The number of hydrogen-bond donors (Lipinski definition) is 0. The highest BCUT2D eigenvalue weighted by molar-refractivity contribution is 6.31. The van der Waals surface area contributed by atoms with E-state index in [-0.39, 0.29) is 23.7 Å². The summed E-state index contributed by atoms with van der Waals surface area (Å²) < 4.78 is 0. The molecule has 0 radical (unpaired) electrons. The Hall–Kier alpha value is -1.35. The van der Waals surface area contributed by atoms with Crippen molar-refractivity contribution in [1.29, 1.82) is 0 Å². The number of nitrogens with zero attached hydrogens (tertiary/aromatic N) is 1. The fourth-order valence-electron chi connectivity index (χ4n) is 3.26. The second-order valence-electron chi connectivity index (χ2n) is 5.62. The number of carbonyl (C=O) groups is 2. The van der Waals surface area contributed by atoms with E-state index in [0.717, 1.165) is 19.3 Å². The number of carbonyl (C=O) groups excluding carboxylic acids is 2. The van der Waals surface area contributed by atoms with E-state index in [9.17, 15) is 9.59 Å². The van der Waals surface area contributed by atoms with Crippen molar-refractivity contribution in [1.82, 2.24) is 0 Å². The van der Waals surface area contributed by atoms with Crippen LogP contribution in [0, 0.1) is 17.8 Å². The maximum Gasteiger partial charge on any atom is 0.237 e. The number of hydrogen-bond acceptors (Lipinski definition) is 2. The monoisotopic (exact) mass is 277 g/mol. The minimum atomic E-state index is -0.129. The SMILES string of the molecule is C[C@H]1CC[C@@H]2C(=O)N(c3cccc(Cl)c3)C(=O)[C@@H]2C1. The fraction of sp³-hybridized carbons (Fsp3) is 0.467. The van der Waals surface area contributed by atoms with Crippen molar-refractivity contribution in [2.45, 2.75) is 26.2 Å². The van der Waals surface area contributed by atoms with Gasteiger partial charge in [0.25, 0.3) is 0 Å². The summed E-state index contributed by atoms with van der Waals surface area (Å²) in [6.45, 7) is 2.15. The summed E-state index contributed by atoms with van der Waals surface area (Å²) in [6, 6.07) is 6.95. The van der Waals surface area contributed by atoms with Gasteiger partial charge in [-0.15, -0.1) is 0 Å². The van der Waals surface area contributed by atoms with E-state index in [0.29, 0.717) is 16.6 Å². The Labute approximate surface area is 117 Å². The first-order chi connectivity index (χ1) is 9.08. The van der Waals surface area contributed by atoms with E-state index >= 15 is 0 Å². The highest BCUT2D eigenvalue weighted by atomic mass is 35.5. The zero-order chi connectivity index (χ0) is 13.6. The summed E-state index contributed by atoms with van der Waals surface area (Å²) in [5.41, 5.74) is 0.601. The standard InChI is InChI=1S/C15H16ClNO2/c1-9-5-6-12-13(7-9)15(19)17(14(12)18)11-4-2-3-10(16)8-11/h2-4,8-9,12-13H,5-7H2,1H3/t9-,12-,13+/m0/s1. The van der Waals surface area contributed by atoms with E-state index in [1.807, 2.05) is 0 Å². The molecule has 1 aliphatic heterocycles. The summed E-state index contributed by atoms with van der Waals surface area (Å²) in [6.07, 6.45) is 2.68. The van der Waals surface area contributed by atoms with E-state index in [1.165, 1.54) is 4.90 Å². The molecule has 2 aliphatic rings. The summed E-state index contributed by atoms with van der Waals surface area (Å²) in [5, 5.41) is 0.543. The third kappa shape index (κ3) is 2.06. The minimum Gasteiger partial charge on any atom is -0.274 e. The van der Waals surface area contributed by atoms with E-state index < -0.39 is 0 Å². The molecule has 3 atom stereocenters. The van der Waals surface area contributed by atoms with E-state index in [2.05, 4.69) is 6.92 Å². The summed E-state index contributed by atoms with van der Waals surface area (Å²) in [5.74, 6) is 0.170. The second kappa shape index (κ2) is 4.64. The van der Waals surface area contributed by atoms with Crippen molar-refractivity contribution < 1.29 is 9.59 Å². The molecule has 2 amide bonds. The molecule has 1 aromatic rings. The van der Waals surface area contributed by atoms with Crippen LogP contribution >= 0.6 is 11.6 Å². The van der Waals surface area contributed by atoms with Crippen molar-refractivity contribution in [3.8, 4) is 0 Å². The topological polar surface area (TPSA) is 37.4 Å². The number of fused-ring (bicyclic) bond motifs is 1. The highest BCUT2D eigenvalue weighted by Crippen LogP contribution is 2.42. The normalized spacial score (nSPS) is 30.6. The first-order valence-corrected chi connectivity index (χ1v) is 7.09. The van der Waals surface area contributed by atoms with Gasteiger partial charge in [-0.25, -0.2) is 0 Å². The van der Waals surface area contributed by atoms with Crippen molar-refractivity contribution in [2.24, 2.45) is 17.8 Å². The molecule has 3 rings (SSSR count). The van der Waals surface area contributed by atoms with Gasteiger partial charge in [0.15, 0.2) is 0 Å². The van der Waals surface area contributed by atoms with Crippen molar-refractivity contribution in [2.75, 3.05) is 4.90 Å². The Bertz CT molecular complexity index is 543. The Kier molecular flexibility index (Phi) is 3.09. The molecule has 1 saturated heterocycles. The van der Waals surface area contributed by atoms with Gasteiger partial charge >= 0.3 is 0 Å². The van der Waals surface area contributed by atoms with Crippen LogP contribution in [0.5, 0.6) is 0 Å². The zero-order valence-corrected chi connectivity index (χ0v) is 11.6. The van der Waals surface area contributed by atoms with Crippen LogP contribution in [0.15, 0.2) is 24.3 Å². The lowest BCUT2D eigenvalue weighted by atomic mass is 9.76. The van der Waals surface area contributed by atoms with Gasteiger partial charge in [0.2, 0.25) is 11.8 Å². The van der Waals surface area contributed by atoms with Crippen LogP contribution in [0.25, 0.3) is 0 Å². The van der Waals surface area contributed by atoms with Crippen LogP contribution in [0.4, 0.5) is 5.69 Å². The van der Waals surface area contributed by atoms with Gasteiger partial charge < -0.3 is 0 Å². The summed E-state index contributed by atoms with van der Waals surface area (Å²) in [7, 11) is 0. The summed E-state index contributed by atoms with van der Waals surface area (Å²) in [4.78, 5) is 26.2. The number of imide groups is 1. The van der Waals surface area contributed by atoms with Gasteiger partial charge in [0.1, 0.15) is 0 Å². The lowest BCUT2D eigenvalue weighted by Crippen LogP contribution is -2.30. The Balaban J connectivity index is 1.95. The molecule has 19 heavy (non-hydrogen) atoms. The zero-order valence-electron chi connectivity index (χ0n) is 10.8. The average molecular weight is 278 g/mol. The molecule has 1 saturated carbocycles. The third-order valence-electron chi connectivity index (χ3n) is 4.25. The van der Waals surface area contributed by atoms with Crippen molar-refractivity contribution in [3.63, 3.8) is 0 Å². The number of halogens is 1. The quantitative estimate of drug-likeness (QED) is 0.739. The van der Waals surface area contributed by atoms with Gasteiger partial charge in [0, 0.05) is 5.02 Å². The molecule has 100 valence electrons. The molecule has 0 spiro atoms. The number of amides is 2. The van der Waals surface area contributed by atoms with Crippen LogP contribution in [-0.2, 0) is 9.59 Å². The molecule has 1 aliphatic carbocycles. The van der Waals surface area contributed by atoms with E-state index in [4.69, 9.17) is 11.6 Å². The predicted molar refractivity (Wildman–Crippen MR) is 73.9 cm³/mol. The molecule has 0 aromatic heterocycles. The number of rotatable bonds is 1. The summed E-state index contributed by atoms with van der Waals surface area (Å²) >= 11 is 5.95. The number of anilines is 1. The maximum absolute atomic E-state index is 12.5. The molecule has 4 heteroatoms. The van der Waals surface area contributed by atoms with Crippen molar-refractivity contribution >= 4 is 29.1 Å². The number of benzene rings is 1. The van der Waals surface area contributed by atoms with Crippen LogP contribution in [-0.4, -0.2) is 11.8 Å². The Morgan fingerprint density at radius 1 is 1.16 bits per heavy atom. The predicted octanol–water partition coefficient (Wildman–Crippen LogP) is 3.27. The van der Waals surface area contributed by atoms with Crippen LogP contribution < -0.4 is 4.90 Å². The first kappa shape index (κ1) is 12.7. The maximum atomic E-state index is 12.5. The fourth-order valence-corrected chi connectivity index (χ4v) is 3.44. The Morgan fingerprint density at radius 3 is 2.63 bits per heavy atom. The van der Waals surface area contributed by atoms with Gasteiger partial charge in [-0.3, -0.25) is 14.5 Å². The van der Waals surface area contributed by atoms with Crippen molar-refractivity contribution in [3.05, 3.63) is 29.3 Å². The lowest BCUT2D eigenvalue weighted by molar-refractivity contribution is -0.122. The van der Waals surface area contributed by atoms with Gasteiger partial charge in [-0.1, -0.05) is 24.6 Å². The largest absolute Gasteiger partial charge is 0.274 e. The minimum absolute atomic E-state index is 0.0517. The lowest BCUT2D eigenvalue weighted by Gasteiger charge is -2.25. The molecule has 0 bridgehead atoms. The molecule has 3 nitrogen and oxygen atoms in total. The van der Waals surface area contributed by atoms with Crippen LogP contribution in [0.3, 0.4) is 0 Å². The smallest absolute Gasteiger partial charge is 0.237 e. The van der Waals surface area contributed by atoms with E-state index in [1.54, 1.807) is 24.3 Å².